The van der Waals surface area contributed by atoms with Crippen molar-refractivity contribution in [1.82, 2.24) is 9.80 Å². The maximum Gasteiger partial charge on any atom is 0.416 e. The minimum atomic E-state index is -4.25. The van der Waals surface area contributed by atoms with Crippen LogP contribution in [0.3, 0.4) is 0 Å². The van der Waals surface area contributed by atoms with Gasteiger partial charge in [0, 0.05) is 13.1 Å². The average Bonchev–Trinajstić information content (AvgIpc) is 2.83. The van der Waals surface area contributed by atoms with Crippen LogP contribution in [-0.4, -0.2) is 43.0 Å². The fourth-order valence-corrected chi connectivity index (χ4v) is 3.81. The fraction of sp³-hybridized carbons (Fsp3) is 0.647. The molecule has 0 N–H and O–H groups in total. The highest BCUT2D eigenvalue weighted by Crippen LogP contribution is 2.40. The lowest BCUT2D eigenvalue weighted by atomic mass is 9.78. The number of alkyl halides is 3. The van der Waals surface area contributed by atoms with E-state index in [9.17, 15) is 13.2 Å². The topological polar surface area (TPSA) is 6.48 Å². The second-order valence-electron chi connectivity index (χ2n) is 6.96. The van der Waals surface area contributed by atoms with E-state index < -0.39 is 11.7 Å². The molecule has 1 aromatic rings. The van der Waals surface area contributed by atoms with Crippen LogP contribution in [0.2, 0.25) is 0 Å². The lowest BCUT2D eigenvalue weighted by Gasteiger charge is -2.39. The number of nitrogens with zero attached hydrogens (tertiary/aromatic N) is 2. The molecule has 5 heteroatoms. The molecule has 0 atom stereocenters. The molecule has 2 fully saturated rings. The Kier molecular flexibility index (Phi) is 4.21. The summed E-state index contributed by atoms with van der Waals surface area (Å²) >= 11 is 0. The number of likely N-dealkylation sites (tertiary alicyclic amines) is 2. The molecular weight excluding hydrogens is 289 g/mol. The molecule has 1 spiro atoms. The molecule has 2 aliphatic rings. The van der Waals surface area contributed by atoms with Crippen molar-refractivity contribution >= 4 is 0 Å². The van der Waals surface area contributed by atoms with Gasteiger partial charge in [-0.05, 0) is 69.1 Å². The number of hydrogen-bond acceptors (Lipinski definition) is 2. The summed E-state index contributed by atoms with van der Waals surface area (Å²) < 4.78 is 37.7. The molecule has 22 heavy (non-hydrogen) atoms. The van der Waals surface area contributed by atoms with Gasteiger partial charge in [0.15, 0.2) is 0 Å². The monoisotopic (exact) mass is 312 g/mol. The van der Waals surface area contributed by atoms with E-state index in [1.165, 1.54) is 44.5 Å². The van der Waals surface area contributed by atoms with Gasteiger partial charge < -0.3 is 4.90 Å². The normalized spacial score (nSPS) is 23.3. The van der Waals surface area contributed by atoms with E-state index in [-0.39, 0.29) is 0 Å². The van der Waals surface area contributed by atoms with E-state index in [0.717, 1.165) is 25.2 Å². The molecule has 0 radical (unpaired) electrons. The first kappa shape index (κ1) is 15.8. The smallest absolute Gasteiger partial charge is 0.306 e. The molecule has 0 saturated carbocycles. The molecule has 0 bridgehead atoms. The zero-order valence-electron chi connectivity index (χ0n) is 13.0. The second-order valence-corrected chi connectivity index (χ2v) is 6.96. The number of halogens is 3. The van der Waals surface area contributed by atoms with Crippen LogP contribution < -0.4 is 0 Å². The molecule has 3 rings (SSSR count). The highest BCUT2D eigenvalue weighted by atomic mass is 19.4. The Morgan fingerprint density at radius 3 is 2.09 bits per heavy atom. The highest BCUT2D eigenvalue weighted by Gasteiger charge is 2.39. The minimum absolute atomic E-state index is 0.491. The first-order chi connectivity index (χ1) is 10.4. The van der Waals surface area contributed by atoms with Gasteiger partial charge in [-0.3, -0.25) is 4.90 Å². The van der Waals surface area contributed by atoms with Crippen molar-refractivity contribution in [2.75, 3.05) is 33.2 Å². The number of hydrogen-bond donors (Lipinski definition) is 0. The maximum absolute atomic E-state index is 12.6. The Balaban J connectivity index is 1.55. The van der Waals surface area contributed by atoms with Crippen LogP contribution >= 0.6 is 0 Å². The van der Waals surface area contributed by atoms with Crippen LogP contribution in [0.15, 0.2) is 24.3 Å². The third-order valence-corrected chi connectivity index (χ3v) is 5.23. The minimum Gasteiger partial charge on any atom is -0.306 e. The summed E-state index contributed by atoms with van der Waals surface area (Å²) in [6.45, 7) is 5.24. The molecule has 0 unspecified atom stereocenters. The van der Waals surface area contributed by atoms with E-state index in [4.69, 9.17) is 0 Å². The van der Waals surface area contributed by atoms with Crippen LogP contribution in [0, 0.1) is 5.41 Å². The Morgan fingerprint density at radius 2 is 1.59 bits per heavy atom. The second kappa shape index (κ2) is 5.85. The van der Waals surface area contributed by atoms with Crippen molar-refractivity contribution in [3.8, 4) is 0 Å². The summed E-state index contributed by atoms with van der Waals surface area (Å²) in [5.41, 5.74) is 0.890. The average molecular weight is 312 g/mol. The Bertz CT molecular complexity index is 502. The fourth-order valence-electron chi connectivity index (χ4n) is 3.81. The standard InChI is InChI=1S/C17H23F3N2/c1-21-9-6-16(13-21)7-10-22(11-8-16)12-14-2-4-15(5-3-14)17(18,19)20/h2-5H,6-13H2,1H3. The van der Waals surface area contributed by atoms with Gasteiger partial charge >= 0.3 is 6.18 Å². The van der Waals surface area contributed by atoms with Crippen LogP contribution in [-0.2, 0) is 12.7 Å². The Labute approximate surface area is 129 Å². The molecular formula is C17H23F3N2. The predicted molar refractivity (Wildman–Crippen MR) is 80.5 cm³/mol. The molecule has 122 valence electrons. The van der Waals surface area contributed by atoms with Crippen molar-refractivity contribution < 1.29 is 13.2 Å². The summed E-state index contributed by atoms with van der Waals surface area (Å²) in [7, 11) is 2.18. The van der Waals surface area contributed by atoms with Crippen molar-refractivity contribution in [1.29, 1.82) is 0 Å². The summed E-state index contributed by atoms with van der Waals surface area (Å²) in [4.78, 5) is 4.78. The van der Waals surface area contributed by atoms with Crippen molar-refractivity contribution in [2.45, 2.75) is 32.0 Å². The Morgan fingerprint density at radius 1 is 1.00 bits per heavy atom. The van der Waals surface area contributed by atoms with Crippen molar-refractivity contribution in [2.24, 2.45) is 5.41 Å². The first-order valence-corrected chi connectivity index (χ1v) is 7.93. The van der Waals surface area contributed by atoms with Gasteiger partial charge in [-0.2, -0.15) is 13.2 Å². The summed E-state index contributed by atoms with van der Waals surface area (Å²) in [5.74, 6) is 0. The van der Waals surface area contributed by atoms with Crippen molar-refractivity contribution in [3.63, 3.8) is 0 Å². The highest BCUT2D eigenvalue weighted by molar-refractivity contribution is 5.24. The summed E-state index contributed by atoms with van der Waals surface area (Å²) in [5, 5.41) is 0. The molecule has 2 saturated heterocycles. The van der Waals surface area contributed by atoms with E-state index in [1.54, 1.807) is 12.1 Å². The largest absolute Gasteiger partial charge is 0.416 e. The van der Waals surface area contributed by atoms with Crippen LogP contribution in [0.4, 0.5) is 13.2 Å². The van der Waals surface area contributed by atoms with Gasteiger partial charge in [-0.1, -0.05) is 12.1 Å². The molecule has 0 amide bonds. The maximum atomic E-state index is 12.6. The molecule has 2 nitrogen and oxygen atoms in total. The number of benzene rings is 1. The zero-order valence-corrected chi connectivity index (χ0v) is 13.0. The molecule has 2 aliphatic heterocycles. The molecule has 1 aromatic carbocycles. The van der Waals surface area contributed by atoms with E-state index in [1.807, 2.05) is 0 Å². The van der Waals surface area contributed by atoms with Crippen molar-refractivity contribution in [3.05, 3.63) is 35.4 Å². The van der Waals surface area contributed by atoms with Crippen LogP contribution in [0.5, 0.6) is 0 Å². The third-order valence-electron chi connectivity index (χ3n) is 5.23. The number of piperidine rings is 1. The van der Waals surface area contributed by atoms with Gasteiger partial charge in [-0.25, -0.2) is 0 Å². The first-order valence-electron chi connectivity index (χ1n) is 7.93. The zero-order chi connectivity index (χ0) is 15.8. The van der Waals surface area contributed by atoms with E-state index in [0.29, 0.717) is 5.41 Å². The summed E-state index contributed by atoms with van der Waals surface area (Å²) in [6.07, 6.45) is -0.544. The third kappa shape index (κ3) is 3.46. The lowest BCUT2D eigenvalue weighted by Crippen LogP contribution is -2.40. The lowest BCUT2D eigenvalue weighted by molar-refractivity contribution is -0.137. The Hall–Kier alpha value is -1.07. The quantitative estimate of drug-likeness (QED) is 0.823. The van der Waals surface area contributed by atoms with Gasteiger partial charge in [0.2, 0.25) is 0 Å². The van der Waals surface area contributed by atoms with E-state index in [2.05, 4.69) is 16.8 Å². The van der Waals surface area contributed by atoms with Gasteiger partial charge in [0.1, 0.15) is 0 Å². The molecule has 0 aliphatic carbocycles. The van der Waals surface area contributed by atoms with Gasteiger partial charge in [0.05, 0.1) is 5.56 Å². The van der Waals surface area contributed by atoms with Gasteiger partial charge in [0.25, 0.3) is 0 Å². The van der Waals surface area contributed by atoms with Gasteiger partial charge in [-0.15, -0.1) is 0 Å². The van der Waals surface area contributed by atoms with Crippen LogP contribution in [0.25, 0.3) is 0 Å². The number of rotatable bonds is 2. The van der Waals surface area contributed by atoms with E-state index >= 15 is 0 Å². The van der Waals surface area contributed by atoms with Crippen LogP contribution in [0.1, 0.15) is 30.4 Å². The predicted octanol–water partition coefficient (Wildman–Crippen LogP) is 3.62. The molecule has 0 aromatic heterocycles. The summed E-state index contributed by atoms with van der Waals surface area (Å²) in [6, 6.07) is 5.59. The molecule has 2 heterocycles. The SMILES string of the molecule is CN1CCC2(CCN(Cc3ccc(C(F)(F)F)cc3)CC2)C1.